The number of thiophene rings is 1. The Hall–Kier alpha value is -2.00. The van der Waals surface area contributed by atoms with Gasteiger partial charge in [-0.25, -0.2) is 0 Å². The third kappa shape index (κ3) is 5.76. The lowest BCUT2D eigenvalue weighted by atomic mass is 9.98. The van der Waals surface area contributed by atoms with Gasteiger partial charge in [-0.1, -0.05) is 24.6 Å². The van der Waals surface area contributed by atoms with Crippen molar-refractivity contribution in [2.24, 2.45) is 0 Å². The van der Waals surface area contributed by atoms with Gasteiger partial charge in [-0.15, -0.1) is 11.3 Å². The molecule has 0 unspecified atom stereocenters. The molecule has 1 aromatic carbocycles. The van der Waals surface area contributed by atoms with Gasteiger partial charge in [0.2, 0.25) is 0 Å². The molecule has 1 amide bonds. The highest BCUT2D eigenvalue weighted by Gasteiger charge is 2.35. The SMILES string of the molecule is O=C(N[C@H]1CCO[C@H](CN2CCCCC2)[C@H]1O)c1cc2ccccc2s1.O=CO. The van der Waals surface area contributed by atoms with E-state index in [1.54, 1.807) is 0 Å². The lowest BCUT2D eigenvalue weighted by Gasteiger charge is -2.38. The van der Waals surface area contributed by atoms with Crippen LogP contribution in [0.4, 0.5) is 0 Å². The first-order valence-electron chi connectivity index (χ1n) is 10.0. The number of fused-ring (bicyclic) bond motifs is 1. The van der Waals surface area contributed by atoms with E-state index in [9.17, 15) is 9.90 Å². The van der Waals surface area contributed by atoms with Crippen LogP contribution in [0.2, 0.25) is 0 Å². The third-order valence-corrected chi connectivity index (χ3v) is 6.52. The summed E-state index contributed by atoms with van der Waals surface area (Å²) in [5, 5.41) is 21.7. The van der Waals surface area contributed by atoms with Crippen LogP contribution in [-0.2, 0) is 9.53 Å². The number of hydrogen-bond acceptors (Lipinski definition) is 6. The molecule has 0 radical (unpaired) electrons. The Morgan fingerprint density at radius 1 is 1.28 bits per heavy atom. The quantitative estimate of drug-likeness (QED) is 0.657. The number of hydrogen-bond donors (Lipinski definition) is 3. The molecule has 4 rings (SSSR count). The summed E-state index contributed by atoms with van der Waals surface area (Å²) in [5.74, 6) is -0.103. The van der Waals surface area contributed by atoms with Crippen LogP contribution in [-0.4, -0.2) is 72.0 Å². The van der Waals surface area contributed by atoms with Crippen molar-refractivity contribution >= 4 is 33.8 Å². The maximum atomic E-state index is 12.7. The summed E-state index contributed by atoms with van der Waals surface area (Å²) in [4.78, 5) is 24.1. The van der Waals surface area contributed by atoms with Crippen molar-refractivity contribution < 1.29 is 24.5 Å². The van der Waals surface area contributed by atoms with Crippen LogP contribution in [0, 0.1) is 0 Å². The second kappa shape index (κ2) is 10.7. The highest BCUT2D eigenvalue weighted by Crippen LogP contribution is 2.26. The number of ether oxygens (including phenoxy) is 1. The van der Waals surface area contributed by atoms with E-state index < -0.39 is 6.10 Å². The first-order valence-corrected chi connectivity index (χ1v) is 10.8. The van der Waals surface area contributed by atoms with Crippen molar-refractivity contribution in [3.05, 3.63) is 35.2 Å². The summed E-state index contributed by atoms with van der Waals surface area (Å²) < 4.78 is 6.92. The van der Waals surface area contributed by atoms with Crippen LogP contribution in [0.3, 0.4) is 0 Å². The van der Waals surface area contributed by atoms with E-state index in [-0.39, 0.29) is 24.5 Å². The number of carboxylic acid groups (broad SMARTS) is 1. The fourth-order valence-electron chi connectivity index (χ4n) is 3.92. The Labute approximate surface area is 174 Å². The van der Waals surface area contributed by atoms with Crippen molar-refractivity contribution in [2.75, 3.05) is 26.2 Å². The van der Waals surface area contributed by atoms with Gasteiger partial charge in [0.25, 0.3) is 12.4 Å². The smallest absolute Gasteiger partial charge is 0.290 e. The van der Waals surface area contributed by atoms with Gasteiger partial charge in [0.1, 0.15) is 6.10 Å². The fraction of sp³-hybridized carbons (Fsp3) is 0.524. The normalized spacial score (nSPS) is 25.1. The Morgan fingerprint density at radius 3 is 2.72 bits per heavy atom. The molecule has 3 atom stereocenters. The van der Waals surface area contributed by atoms with Crippen molar-refractivity contribution in [2.45, 2.75) is 43.9 Å². The van der Waals surface area contributed by atoms with Crippen molar-refractivity contribution in [3.8, 4) is 0 Å². The largest absolute Gasteiger partial charge is 0.483 e. The lowest BCUT2D eigenvalue weighted by Crippen LogP contribution is -2.56. The number of aliphatic hydroxyl groups excluding tert-OH is 1. The fourth-order valence-corrected chi connectivity index (χ4v) is 4.89. The molecule has 0 aliphatic carbocycles. The van der Waals surface area contributed by atoms with Crippen LogP contribution in [0.1, 0.15) is 35.4 Å². The lowest BCUT2D eigenvalue weighted by molar-refractivity contribution is -0.122. The molecule has 2 saturated heterocycles. The summed E-state index contributed by atoms with van der Waals surface area (Å²) in [6.07, 6.45) is 3.48. The molecule has 0 bridgehead atoms. The number of likely N-dealkylation sites (tertiary alicyclic amines) is 1. The maximum absolute atomic E-state index is 12.7. The first-order chi connectivity index (χ1) is 14.1. The van der Waals surface area contributed by atoms with Crippen molar-refractivity contribution in [1.82, 2.24) is 10.2 Å². The van der Waals surface area contributed by atoms with Crippen LogP contribution in [0.25, 0.3) is 10.1 Å². The number of amides is 1. The Morgan fingerprint density at radius 2 is 2.00 bits per heavy atom. The minimum absolute atomic E-state index is 0.103. The van der Waals surface area contributed by atoms with Gasteiger partial charge in [0, 0.05) is 17.9 Å². The zero-order valence-corrected chi connectivity index (χ0v) is 17.1. The van der Waals surface area contributed by atoms with Gasteiger partial charge < -0.3 is 25.2 Å². The molecular weight excluding hydrogens is 392 g/mol. The molecule has 0 spiro atoms. The van der Waals surface area contributed by atoms with Gasteiger partial charge in [-0.2, -0.15) is 0 Å². The van der Waals surface area contributed by atoms with E-state index in [1.807, 2.05) is 30.3 Å². The molecule has 2 fully saturated rings. The summed E-state index contributed by atoms with van der Waals surface area (Å²) in [6.45, 7) is 3.22. The molecule has 1 aromatic heterocycles. The molecule has 3 N–H and O–H groups in total. The van der Waals surface area contributed by atoms with Crippen LogP contribution in [0.5, 0.6) is 0 Å². The summed E-state index contributed by atoms with van der Waals surface area (Å²) in [5.41, 5.74) is 0. The number of rotatable bonds is 4. The predicted molar refractivity (Wildman–Crippen MR) is 112 cm³/mol. The zero-order valence-electron chi connectivity index (χ0n) is 16.3. The highest BCUT2D eigenvalue weighted by molar-refractivity contribution is 7.20. The van der Waals surface area contributed by atoms with Crippen molar-refractivity contribution in [3.63, 3.8) is 0 Å². The van der Waals surface area contributed by atoms with E-state index in [4.69, 9.17) is 14.6 Å². The predicted octanol–water partition coefficient (Wildman–Crippen LogP) is 2.34. The Bertz CT molecular complexity index is 772. The summed E-state index contributed by atoms with van der Waals surface area (Å²) in [6, 6.07) is 9.66. The average molecular weight is 421 g/mol. The molecule has 2 aliphatic heterocycles. The molecule has 158 valence electrons. The second-order valence-electron chi connectivity index (χ2n) is 7.38. The minimum atomic E-state index is -0.663. The van der Waals surface area contributed by atoms with Crippen molar-refractivity contribution in [1.29, 1.82) is 0 Å². The number of carbonyl (C=O) groups excluding carboxylic acids is 1. The number of carbonyl (C=O) groups is 2. The van der Waals surface area contributed by atoms with Gasteiger partial charge >= 0.3 is 0 Å². The van der Waals surface area contributed by atoms with Crippen LogP contribution >= 0.6 is 11.3 Å². The number of piperidine rings is 1. The first kappa shape index (κ1) is 21.7. The molecular formula is C21H28N2O5S. The van der Waals surface area contributed by atoms with Gasteiger partial charge in [-0.3, -0.25) is 9.59 Å². The van der Waals surface area contributed by atoms with Crippen LogP contribution < -0.4 is 5.32 Å². The molecule has 0 saturated carbocycles. The molecule has 8 heteroatoms. The Balaban J connectivity index is 0.000000755. The topological polar surface area (TPSA) is 99.1 Å². The zero-order chi connectivity index (χ0) is 20.6. The average Bonchev–Trinajstić information content (AvgIpc) is 3.17. The molecule has 2 aromatic rings. The molecule has 2 aliphatic rings. The van der Waals surface area contributed by atoms with E-state index in [0.29, 0.717) is 17.9 Å². The molecule has 3 heterocycles. The summed E-state index contributed by atoms with van der Waals surface area (Å²) >= 11 is 1.49. The third-order valence-electron chi connectivity index (χ3n) is 5.41. The number of aliphatic hydroxyl groups is 1. The number of benzene rings is 1. The van der Waals surface area contributed by atoms with E-state index >= 15 is 0 Å². The monoisotopic (exact) mass is 420 g/mol. The standard InChI is InChI=1S/C20H26N2O3S.CH2O2/c23-19-15(8-11-25-16(19)13-22-9-4-1-5-10-22)21-20(24)18-12-14-6-2-3-7-17(14)26-18;2-1-3/h2-3,6-7,12,15-16,19,23H,1,4-5,8-11,13H2,(H,21,24);1H,(H,2,3)/t15-,16+,19-;/m0./s1. The minimum Gasteiger partial charge on any atom is -0.483 e. The van der Waals surface area contributed by atoms with E-state index in [0.717, 1.165) is 29.7 Å². The van der Waals surface area contributed by atoms with Crippen LogP contribution in [0.15, 0.2) is 30.3 Å². The molecule has 7 nitrogen and oxygen atoms in total. The van der Waals surface area contributed by atoms with E-state index in [1.165, 1.54) is 30.6 Å². The second-order valence-corrected chi connectivity index (χ2v) is 8.47. The summed E-state index contributed by atoms with van der Waals surface area (Å²) in [7, 11) is 0. The van der Waals surface area contributed by atoms with E-state index in [2.05, 4.69) is 10.2 Å². The number of nitrogens with zero attached hydrogens (tertiary/aromatic N) is 1. The van der Waals surface area contributed by atoms with Gasteiger partial charge in [0.05, 0.1) is 17.0 Å². The Kier molecular flexibility index (Phi) is 8.00. The number of nitrogens with one attached hydrogen (secondary N) is 1. The van der Waals surface area contributed by atoms with Gasteiger partial charge in [0.15, 0.2) is 0 Å². The molecule has 29 heavy (non-hydrogen) atoms. The maximum Gasteiger partial charge on any atom is 0.290 e. The van der Waals surface area contributed by atoms with Gasteiger partial charge in [-0.05, 0) is 49.9 Å². The highest BCUT2D eigenvalue weighted by atomic mass is 32.1.